The Hall–Kier alpha value is -1.46. The standard InChI is InChI=1S/C16H21Cl2NO4/c1-4-8-16(2,15(21)22-3)19-14(20)7-9-23-11-5-6-12(17)13(18)10-11/h5-6,10H,4,7-9H2,1-3H3,(H,19,20). The van der Waals surface area contributed by atoms with Crippen molar-refractivity contribution < 1.29 is 19.1 Å². The molecular formula is C16H21Cl2NO4. The molecule has 0 fully saturated rings. The summed E-state index contributed by atoms with van der Waals surface area (Å²) in [6, 6.07) is 4.87. The van der Waals surface area contributed by atoms with Crippen LogP contribution >= 0.6 is 23.2 Å². The van der Waals surface area contributed by atoms with Crippen LogP contribution in [0.3, 0.4) is 0 Å². The van der Waals surface area contributed by atoms with E-state index in [9.17, 15) is 9.59 Å². The van der Waals surface area contributed by atoms with Gasteiger partial charge in [0.1, 0.15) is 11.3 Å². The summed E-state index contributed by atoms with van der Waals surface area (Å²) in [7, 11) is 1.30. The van der Waals surface area contributed by atoms with Gasteiger partial charge in [-0.25, -0.2) is 4.79 Å². The molecule has 128 valence electrons. The number of carbonyl (C=O) groups excluding carboxylic acids is 2. The van der Waals surface area contributed by atoms with Gasteiger partial charge in [0.2, 0.25) is 5.91 Å². The largest absolute Gasteiger partial charge is 0.493 e. The summed E-state index contributed by atoms with van der Waals surface area (Å²) >= 11 is 11.7. The number of ether oxygens (including phenoxy) is 2. The molecule has 0 heterocycles. The van der Waals surface area contributed by atoms with Crippen LogP contribution in [0.15, 0.2) is 18.2 Å². The molecule has 23 heavy (non-hydrogen) atoms. The normalized spacial score (nSPS) is 13.1. The van der Waals surface area contributed by atoms with E-state index < -0.39 is 11.5 Å². The van der Waals surface area contributed by atoms with Gasteiger partial charge in [-0.3, -0.25) is 4.79 Å². The minimum atomic E-state index is -1.02. The zero-order chi connectivity index (χ0) is 17.5. The summed E-state index contributed by atoms with van der Waals surface area (Å²) in [5, 5.41) is 3.53. The van der Waals surface area contributed by atoms with Gasteiger partial charge in [0, 0.05) is 6.07 Å². The third kappa shape index (κ3) is 5.92. The Morgan fingerprint density at radius 1 is 1.26 bits per heavy atom. The molecule has 1 atom stereocenters. The van der Waals surface area contributed by atoms with E-state index >= 15 is 0 Å². The molecule has 5 nitrogen and oxygen atoms in total. The Morgan fingerprint density at radius 3 is 2.52 bits per heavy atom. The Bertz CT molecular complexity index is 565. The van der Waals surface area contributed by atoms with Crippen molar-refractivity contribution >= 4 is 35.1 Å². The van der Waals surface area contributed by atoms with Gasteiger partial charge in [0.15, 0.2) is 0 Å². The van der Waals surface area contributed by atoms with E-state index in [1.165, 1.54) is 7.11 Å². The average molecular weight is 362 g/mol. The predicted octanol–water partition coefficient (Wildman–Crippen LogP) is 3.61. The van der Waals surface area contributed by atoms with E-state index in [0.717, 1.165) is 6.42 Å². The zero-order valence-electron chi connectivity index (χ0n) is 13.4. The summed E-state index contributed by atoms with van der Waals surface area (Å²) in [6.07, 6.45) is 1.35. The van der Waals surface area contributed by atoms with E-state index in [4.69, 9.17) is 32.7 Å². The van der Waals surface area contributed by atoms with Gasteiger partial charge >= 0.3 is 5.97 Å². The number of esters is 1. The number of amides is 1. The summed E-state index contributed by atoms with van der Waals surface area (Å²) in [6.45, 7) is 3.74. The van der Waals surface area contributed by atoms with E-state index in [0.29, 0.717) is 22.2 Å². The zero-order valence-corrected chi connectivity index (χ0v) is 15.0. The monoisotopic (exact) mass is 361 g/mol. The molecule has 0 aliphatic carbocycles. The molecule has 1 amide bonds. The predicted molar refractivity (Wildman–Crippen MR) is 90.0 cm³/mol. The van der Waals surface area contributed by atoms with E-state index in [1.54, 1.807) is 25.1 Å². The Kier molecular flexibility index (Phi) is 7.65. The van der Waals surface area contributed by atoms with Crippen LogP contribution in [0.4, 0.5) is 0 Å². The van der Waals surface area contributed by atoms with Crippen LogP contribution in [0, 0.1) is 0 Å². The molecule has 0 saturated carbocycles. The summed E-state index contributed by atoms with van der Waals surface area (Å²) in [4.78, 5) is 23.8. The smallest absolute Gasteiger partial charge is 0.331 e. The van der Waals surface area contributed by atoms with Crippen molar-refractivity contribution in [3.8, 4) is 5.75 Å². The highest BCUT2D eigenvalue weighted by Crippen LogP contribution is 2.26. The molecule has 1 aromatic rings. The SMILES string of the molecule is CCCC(C)(NC(=O)CCOc1ccc(Cl)c(Cl)c1)C(=O)OC. The highest BCUT2D eigenvalue weighted by molar-refractivity contribution is 6.42. The highest BCUT2D eigenvalue weighted by Gasteiger charge is 2.34. The molecule has 0 aliphatic rings. The van der Waals surface area contributed by atoms with Crippen molar-refractivity contribution in [3.63, 3.8) is 0 Å². The van der Waals surface area contributed by atoms with Crippen molar-refractivity contribution in [2.24, 2.45) is 0 Å². The first-order chi connectivity index (χ1) is 10.8. The minimum Gasteiger partial charge on any atom is -0.493 e. The first-order valence-corrected chi connectivity index (χ1v) is 8.05. The van der Waals surface area contributed by atoms with Gasteiger partial charge in [0.05, 0.1) is 30.2 Å². The second-order valence-corrected chi connectivity index (χ2v) is 6.11. The van der Waals surface area contributed by atoms with Crippen LogP contribution < -0.4 is 10.1 Å². The molecule has 0 aromatic heterocycles. The number of benzene rings is 1. The number of hydrogen-bond acceptors (Lipinski definition) is 4. The summed E-state index contributed by atoms with van der Waals surface area (Å²) < 4.78 is 10.2. The molecule has 0 aliphatic heterocycles. The maximum atomic E-state index is 12.0. The first-order valence-electron chi connectivity index (χ1n) is 7.29. The lowest BCUT2D eigenvalue weighted by Gasteiger charge is -2.27. The van der Waals surface area contributed by atoms with Crippen LogP contribution in [-0.4, -0.2) is 31.1 Å². The molecule has 1 aromatic carbocycles. The van der Waals surface area contributed by atoms with Gasteiger partial charge in [-0.1, -0.05) is 36.5 Å². The lowest BCUT2D eigenvalue weighted by atomic mass is 9.96. The fourth-order valence-corrected chi connectivity index (χ4v) is 2.43. The molecule has 0 spiro atoms. The number of methoxy groups -OCH3 is 1. The van der Waals surface area contributed by atoms with E-state index in [-0.39, 0.29) is 18.9 Å². The maximum Gasteiger partial charge on any atom is 0.331 e. The second kappa shape index (κ2) is 8.99. The van der Waals surface area contributed by atoms with Gasteiger partial charge in [0.25, 0.3) is 0 Å². The number of nitrogens with one attached hydrogen (secondary N) is 1. The average Bonchev–Trinajstić information content (AvgIpc) is 2.50. The van der Waals surface area contributed by atoms with Crippen molar-refractivity contribution in [1.82, 2.24) is 5.32 Å². The number of rotatable bonds is 8. The Balaban J connectivity index is 2.52. The van der Waals surface area contributed by atoms with Crippen LogP contribution in [0.1, 0.15) is 33.1 Å². The molecule has 0 saturated heterocycles. The lowest BCUT2D eigenvalue weighted by Crippen LogP contribution is -2.52. The Morgan fingerprint density at radius 2 is 1.96 bits per heavy atom. The summed E-state index contributed by atoms with van der Waals surface area (Å²) in [5.41, 5.74) is -1.02. The fourth-order valence-electron chi connectivity index (χ4n) is 2.14. The number of carbonyl (C=O) groups is 2. The lowest BCUT2D eigenvalue weighted by molar-refractivity contribution is -0.150. The topological polar surface area (TPSA) is 64.6 Å². The molecule has 1 N–H and O–H groups in total. The third-order valence-electron chi connectivity index (χ3n) is 3.29. The van der Waals surface area contributed by atoms with Gasteiger partial charge in [-0.15, -0.1) is 0 Å². The Labute approximate surface area is 146 Å². The minimum absolute atomic E-state index is 0.108. The van der Waals surface area contributed by atoms with Crippen molar-refractivity contribution in [3.05, 3.63) is 28.2 Å². The van der Waals surface area contributed by atoms with Crippen molar-refractivity contribution in [2.45, 2.75) is 38.6 Å². The fraction of sp³-hybridized carbons (Fsp3) is 0.500. The molecule has 7 heteroatoms. The molecule has 1 unspecified atom stereocenters. The maximum absolute atomic E-state index is 12.0. The van der Waals surface area contributed by atoms with Crippen molar-refractivity contribution in [2.75, 3.05) is 13.7 Å². The van der Waals surface area contributed by atoms with Crippen LogP contribution in [0.5, 0.6) is 5.75 Å². The van der Waals surface area contributed by atoms with Gasteiger partial charge < -0.3 is 14.8 Å². The molecule has 1 rings (SSSR count). The second-order valence-electron chi connectivity index (χ2n) is 5.30. The number of hydrogen-bond donors (Lipinski definition) is 1. The van der Waals surface area contributed by atoms with Gasteiger partial charge in [-0.05, 0) is 25.5 Å². The molecule has 0 radical (unpaired) electrons. The highest BCUT2D eigenvalue weighted by atomic mass is 35.5. The molecular weight excluding hydrogens is 341 g/mol. The third-order valence-corrected chi connectivity index (χ3v) is 4.03. The van der Waals surface area contributed by atoms with Crippen LogP contribution in [0.2, 0.25) is 10.0 Å². The van der Waals surface area contributed by atoms with Crippen LogP contribution in [-0.2, 0) is 14.3 Å². The van der Waals surface area contributed by atoms with Crippen LogP contribution in [0.25, 0.3) is 0 Å². The number of halogens is 2. The van der Waals surface area contributed by atoms with E-state index in [1.807, 2.05) is 6.92 Å². The summed E-state index contributed by atoms with van der Waals surface area (Å²) in [5.74, 6) is -0.221. The van der Waals surface area contributed by atoms with Crippen molar-refractivity contribution in [1.29, 1.82) is 0 Å². The van der Waals surface area contributed by atoms with E-state index in [2.05, 4.69) is 5.32 Å². The van der Waals surface area contributed by atoms with Gasteiger partial charge in [-0.2, -0.15) is 0 Å². The first kappa shape index (κ1) is 19.6. The molecule has 0 bridgehead atoms. The quantitative estimate of drug-likeness (QED) is 0.718.